The Bertz CT molecular complexity index is 418. The lowest BCUT2D eigenvalue weighted by atomic mass is 10.2. The summed E-state index contributed by atoms with van der Waals surface area (Å²) < 4.78 is 38.0. The van der Waals surface area contributed by atoms with Gasteiger partial charge in [-0.3, -0.25) is 0 Å². The van der Waals surface area contributed by atoms with Gasteiger partial charge in [0.05, 0.1) is 11.4 Å². The number of isocyanates is 1. The van der Waals surface area contributed by atoms with Gasteiger partial charge in [0.15, 0.2) is 11.6 Å². The van der Waals surface area contributed by atoms with Crippen molar-refractivity contribution in [2.75, 3.05) is 0 Å². The predicted octanol–water partition coefficient (Wildman–Crippen LogP) is 2.21. The van der Waals surface area contributed by atoms with E-state index in [0.29, 0.717) is 0 Å². The van der Waals surface area contributed by atoms with Crippen LogP contribution in [0, 0.1) is 17.6 Å². The van der Waals surface area contributed by atoms with Crippen LogP contribution in [-0.2, 0) is 10.7 Å². The van der Waals surface area contributed by atoms with Gasteiger partial charge in [-0.15, -0.1) is 16.6 Å². The van der Waals surface area contributed by atoms with E-state index in [0.717, 1.165) is 6.08 Å². The first-order valence-corrected chi connectivity index (χ1v) is 3.82. The lowest BCUT2D eigenvalue weighted by Gasteiger charge is -2.02. The number of alkyl halides is 1. The van der Waals surface area contributed by atoms with E-state index in [1.54, 1.807) is 0 Å². The smallest absolute Gasteiger partial charge is 0.211 e. The molecule has 0 fully saturated rings. The number of carbonyl (C=O) groups excluding carboxylic acids is 1. The van der Waals surface area contributed by atoms with Crippen LogP contribution in [-0.4, -0.2) is 11.1 Å². The van der Waals surface area contributed by atoms with Crippen molar-refractivity contribution in [3.05, 3.63) is 23.1 Å². The van der Waals surface area contributed by atoms with Crippen LogP contribution >= 0.6 is 11.6 Å². The number of aliphatic imine (C=N–C) groups is 1. The van der Waals surface area contributed by atoms with E-state index in [9.17, 15) is 18.0 Å². The lowest BCUT2D eigenvalue weighted by molar-refractivity contribution is 0.423. The van der Waals surface area contributed by atoms with Crippen molar-refractivity contribution in [2.24, 2.45) is 4.99 Å². The molecule has 0 saturated heterocycles. The van der Waals surface area contributed by atoms with Crippen LogP contribution in [0.15, 0.2) is 4.99 Å². The summed E-state index contributed by atoms with van der Waals surface area (Å²) in [6.07, 6.45) is 1.03. The van der Waals surface area contributed by atoms with E-state index in [2.05, 4.69) is 9.98 Å². The van der Waals surface area contributed by atoms with E-state index in [4.69, 9.17) is 11.6 Å². The molecule has 0 atom stereocenters. The third kappa shape index (κ3) is 1.76. The summed E-state index contributed by atoms with van der Waals surface area (Å²) in [6, 6.07) is 0. The Balaban J connectivity index is 3.50. The molecule has 3 nitrogen and oxygen atoms in total. The molecule has 0 aliphatic heterocycles. The summed E-state index contributed by atoms with van der Waals surface area (Å²) in [5, 5.41) is 0. The first kappa shape index (κ1) is 10.7. The molecule has 1 aromatic heterocycles. The Morgan fingerprint density at radius 3 is 2.50 bits per heavy atom. The molecule has 1 aromatic rings. The fraction of sp³-hybridized carbons (Fsp3) is 0.143. The number of pyridine rings is 1. The molecule has 0 amide bonds. The van der Waals surface area contributed by atoms with Crippen molar-refractivity contribution in [2.45, 2.75) is 5.88 Å². The molecule has 0 unspecified atom stereocenters. The second kappa shape index (κ2) is 4.21. The van der Waals surface area contributed by atoms with Crippen molar-refractivity contribution in [1.29, 1.82) is 0 Å². The van der Waals surface area contributed by atoms with Gasteiger partial charge in [-0.1, -0.05) is 0 Å². The molecule has 0 bridgehead atoms. The van der Waals surface area contributed by atoms with E-state index in [-0.39, 0.29) is 0 Å². The third-order valence-electron chi connectivity index (χ3n) is 1.40. The molecule has 0 aliphatic carbocycles. The highest BCUT2D eigenvalue weighted by Crippen LogP contribution is 2.24. The minimum absolute atomic E-state index is 0.476. The molecule has 0 radical (unpaired) electrons. The summed E-state index contributed by atoms with van der Waals surface area (Å²) in [7, 11) is 0. The summed E-state index contributed by atoms with van der Waals surface area (Å²) in [6.45, 7) is 0. The standard InChI is InChI=1S/C7H2ClF3N2O/c8-1-3-4(9)5(10)6(11)13-7(3)12-2-14/h1H2. The lowest BCUT2D eigenvalue weighted by Crippen LogP contribution is -2.00. The number of rotatable bonds is 2. The molecule has 0 saturated carbocycles. The molecule has 0 aromatic carbocycles. The second-order valence-electron chi connectivity index (χ2n) is 2.17. The first-order valence-electron chi connectivity index (χ1n) is 3.29. The SMILES string of the molecule is O=C=Nc1nc(F)c(F)c(F)c1CCl. The summed E-state index contributed by atoms with van der Waals surface area (Å²) in [5.41, 5.74) is -0.478. The zero-order chi connectivity index (χ0) is 10.7. The number of nitrogens with zero attached hydrogens (tertiary/aromatic N) is 2. The molecule has 0 N–H and O–H groups in total. The Labute approximate surface area is 81.2 Å². The maximum Gasteiger partial charge on any atom is 0.254 e. The van der Waals surface area contributed by atoms with Gasteiger partial charge in [0.25, 0.3) is 5.95 Å². The molecule has 74 valence electrons. The Morgan fingerprint density at radius 2 is 2.00 bits per heavy atom. The number of hydrogen-bond donors (Lipinski definition) is 0. The minimum atomic E-state index is -1.74. The highest BCUT2D eigenvalue weighted by molar-refractivity contribution is 6.17. The summed E-state index contributed by atoms with van der Waals surface area (Å²) in [5.74, 6) is -6.00. The van der Waals surface area contributed by atoms with Crippen molar-refractivity contribution in [1.82, 2.24) is 4.98 Å². The van der Waals surface area contributed by atoms with Crippen LogP contribution in [0.3, 0.4) is 0 Å². The molecular formula is C7H2ClF3N2O. The highest BCUT2D eigenvalue weighted by Gasteiger charge is 2.19. The van der Waals surface area contributed by atoms with E-state index in [1.165, 1.54) is 0 Å². The van der Waals surface area contributed by atoms with Crippen LogP contribution < -0.4 is 0 Å². The van der Waals surface area contributed by atoms with Crippen molar-refractivity contribution < 1.29 is 18.0 Å². The van der Waals surface area contributed by atoms with Crippen molar-refractivity contribution in [3.63, 3.8) is 0 Å². The normalized spacial score (nSPS) is 9.71. The van der Waals surface area contributed by atoms with Gasteiger partial charge in [0, 0.05) is 0 Å². The Hall–Kier alpha value is -1.39. The average Bonchev–Trinajstić information content (AvgIpc) is 2.16. The summed E-state index contributed by atoms with van der Waals surface area (Å²) >= 11 is 5.24. The monoisotopic (exact) mass is 222 g/mol. The van der Waals surface area contributed by atoms with Crippen LogP contribution in [0.2, 0.25) is 0 Å². The van der Waals surface area contributed by atoms with Gasteiger partial charge in [-0.05, 0) is 0 Å². The predicted molar refractivity (Wildman–Crippen MR) is 41.4 cm³/mol. The van der Waals surface area contributed by atoms with Gasteiger partial charge in [0.1, 0.15) is 0 Å². The van der Waals surface area contributed by atoms with Crippen LogP contribution in [0.25, 0.3) is 0 Å². The van der Waals surface area contributed by atoms with Gasteiger partial charge in [-0.25, -0.2) is 9.18 Å². The molecular weight excluding hydrogens is 221 g/mol. The summed E-state index contributed by atoms with van der Waals surface area (Å²) in [4.78, 5) is 15.6. The number of hydrogen-bond acceptors (Lipinski definition) is 3. The van der Waals surface area contributed by atoms with Gasteiger partial charge < -0.3 is 0 Å². The van der Waals surface area contributed by atoms with Gasteiger partial charge in [0.2, 0.25) is 11.9 Å². The van der Waals surface area contributed by atoms with Crippen LogP contribution in [0.1, 0.15) is 5.56 Å². The maximum atomic E-state index is 12.9. The number of aromatic nitrogens is 1. The molecule has 0 spiro atoms. The van der Waals surface area contributed by atoms with Crippen molar-refractivity contribution in [3.8, 4) is 0 Å². The second-order valence-corrected chi connectivity index (χ2v) is 2.44. The van der Waals surface area contributed by atoms with E-state index in [1.807, 2.05) is 0 Å². The van der Waals surface area contributed by atoms with Crippen LogP contribution in [0.5, 0.6) is 0 Å². The third-order valence-corrected chi connectivity index (χ3v) is 1.67. The molecule has 7 heteroatoms. The quantitative estimate of drug-likeness (QED) is 0.333. The fourth-order valence-corrected chi connectivity index (χ4v) is 1.02. The fourth-order valence-electron chi connectivity index (χ4n) is 0.785. The van der Waals surface area contributed by atoms with Crippen molar-refractivity contribution >= 4 is 23.5 Å². The topological polar surface area (TPSA) is 42.3 Å². The van der Waals surface area contributed by atoms with Gasteiger partial charge >= 0.3 is 0 Å². The zero-order valence-corrected chi connectivity index (χ0v) is 7.28. The largest absolute Gasteiger partial charge is 0.254 e. The molecule has 0 aliphatic rings. The first-order chi connectivity index (χ1) is 6.61. The highest BCUT2D eigenvalue weighted by atomic mass is 35.5. The molecule has 1 heterocycles. The van der Waals surface area contributed by atoms with Gasteiger partial charge in [-0.2, -0.15) is 13.8 Å². The maximum absolute atomic E-state index is 12.9. The molecule has 1 rings (SSSR count). The Morgan fingerprint density at radius 1 is 1.36 bits per heavy atom. The zero-order valence-electron chi connectivity index (χ0n) is 6.52. The minimum Gasteiger partial charge on any atom is -0.211 e. The van der Waals surface area contributed by atoms with E-state index >= 15 is 0 Å². The number of halogens is 4. The van der Waals surface area contributed by atoms with Crippen LogP contribution in [0.4, 0.5) is 19.0 Å². The van der Waals surface area contributed by atoms with E-state index < -0.39 is 34.8 Å². The molecule has 14 heavy (non-hydrogen) atoms. The Kier molecular flexibility index (Phi) is 3.22. The average molecular weight is 223 g/mol.